The van der Waals surface area contributed by atoms with Gasteiger partial charge in [-0.15, -0.1) is 0 Å². The van der Waals surface area contributed by atoms with Gasteiger partial charge in [0.2, 0.25) is 0 Å². The van der Waals surface area contributed by atoms with Gasteiger partial charge in [0.05, 0.1) is 5.71 Å². The minimum absolute atomic E-state index is 0.468. The molecule has 0 unspecified atom stereocenters. The topological polar surface area (TPSA) is 49.3 Å². The van der Waals surface area contributed by atoms with Crippen molar-refractivity contribution in [3.63, 3.8) is 0 Å². The number of nitrogens with zero attached hydrogens (tertiary/aromatic N) is 2. The van der Waals surface area contributed by atoms with Gasteiger partial charge < -0.3 is 5.32 Å². The van der Waals surface area contributed by atoms with E-state index in [4.69, 9.17) is 12.2 Å². The fraction of sp³-hybridized carbons (Fsp3) is 0.188. The second kappa shape index (κ2) is 6.95. The zero-order chi connectivity index (χ0) is 15.2. The number of thiocarbonyl (C=S) groups is 1. The number of aromatic nitrogens is 1. The molecule has 0 spiro atoms. The Morgan fingerprint density at radius 1 is 1.14 bits per heavy atom. The van der Waals surface area contributed by atoms with Crippen molar-refractivity contribution in [2.24, 2.45) is 5.10 Å². The lowest BCUT2D eigenvalue weighted by molar-refractivity contribution is 1.03. The Labute approximate surface area is 130 Å². The van der Waals surface area contributed by atoms with Crippen molar-refractivity contribution in [3.05, 3.63) is 59.4 Å². The van der Waals surface area contributed by atoms with Crippen molar-refractivity contribution in [1.82, 2.24) is 10.4 Å². The van der Waals surface area contributed by atoms with E-state index in [0.29, 0.717) is 5.11 Å². The fourth-order valence-electron chi connectivity index (χ4n) is 1.93. The van der Waals surface area contributed by atoms with E-state index in [-0.39, 0.29) is 0 Å². The first-order valence-electron chi connectivity index (χ1n) is 6.66. The summed E-state index contributed by atoms with van der Waals surface area (Å²) >= 11 is 5.28. The van der Waals surface area contributed by atoms with E-state index < -0.39 is 0 Å². The predicted octanol–water partition coefficient (Wildman–Crippen LogP) is 3.41. The van der Waals surface area contributed by atoms with Crippen LogP contribution in [0.2, 0.25) is 0 Å². The number of para-hydroxylation sites is 1. The summed E-state index contributed by atoms with van der Waals surface area (Å²) in [5.41, 5.74) is 7.96. The molecule has 108 valence electrons. The van der Waals surface area contributed by atoms with Gasteiger partial charge in [0.1, 0.15) is 0 Å². The highest BCUT2D eigenvalue weighted by molar-refractivity contribution is 7.80. The quantitative estimate of drug-likeness (QED) is 0.518. The molecule has 0 bridgehead atoms. The molecule has 0 amide bonds. The average Bonchev–Trinajstić information content (AvgIpc) is 2.49. The Morgan fingerprint density at radius 3 is 2.48 bits per heavy atom. The van der Waals surface area contributed by atoms with E-state index in [9.17, 15) is 0 Å². The van der Waals surface area contributed by atoms with Gasteiger partial charge in [0.15, 0.2) is 5.11 Å². The number of hydrogen-bond acceptors (Lipinski definition) is 3. The number of anilines is 1. The molecule has 0 aliphatic carbocycles. The Bertz CT molecular complexity index is 645. The maximum atomic E-state index is 5.28. The summed E-state index contributed by atoms with van der Waals surface area (Å²) in [5, 5.41) is 7.92. The van der Waals surface area contributed by atoms with Crippen molar-refractivity contribution in [1.29, 1.82) is 0 Å². The minimum Gasteiger partial charge on any atom is -0.331 e. The molecule has 0 saturated heterocycles. The highest BCUT2D eigenvalue weighted by atomic mass is 32.1. The van der Waals surface area contributed by atoms with Crippen LogP contribution in [0.25, 0.3) is 0 Å². The van der Waals surface area contributed by atoms with E-state index in [1.54, 1.807) is 12.4 Å². The van der Waals surface area contributed by atoms with Gasteiger partial charge in [-0.2, -0.15) is 5.10 Å². The monoisotopic (exact) mass is 298 g/mol. The molecule has 0 saturated carbocycles. The van der Waals surface area contributed by atoms with Gasteiger partial charge in [-0.25, -0.2) is 0 Å². The summed E-state index contributed by atoms with van der Waals surface area (Å²) in [6.07, 6.45) is 3.50. The lowest BCUT2D eigenvalue weighted by Gasteiger charge is -2.13. The number of nitrogens with one attached hydrogen (secondary N) is 2. The van der Waals surface area contributed by atoms with Gasteiger partial charge in [-0.3, -0.25) is 10.4 Å². The van der Waals surface area contributed by atoms with Gasteiger partial charge in [-0.05, 0) is 50.2 Å². The van der Waals surface area contributed by atoms with E-state index in [1.807, 2.05) is 51.1 Å². The molecule has 21 heavy (non-hydrogen) atoms. The van der Waals surface area contributed by atoms with E-state index >= 15 is 0 Å². The third-order valence-corrected chi connectivity index (χ3v) is 3.32. The largest absolute Gasteiger partial charge is 0.331 e. The lowest BCUT2D eigenvalue weighted by Crippen LogP contribution is -2.25. The van der Waals surface area contributed by atoms with Gasteiger partial charge in [0.25, 0.3) is 0 Å². The minimum atomic E-state index is 0.468. The van der Waals surface area contributed by atoms with Gasteiger partial charge >= 0.3 is 0 Å². The van der Waals surface area contributed by atoms with Crippen LogP contribution >= 0.6 is 12.2 Å². The van der Waals surface area contributed by atoms with Gasteiger partial charge in [0, 0.05) is 23.6 Å². The third-order valence-electron chi connectivity index (χ3n) is 3.12. The molecule has 1 aromatic heterocycles. The molecule has 1 heterocycles. The zero-order valence-electron chi connectivity index (χ0n) is 12.3. The molecule has 0 aliphatic rings. The van der Waals surface area contributed by atoms with Crippen LogP contribution in [0.5, 0.6) is 0 Å². The average molecular weight is 298 g/mol. The first-order chi connectivity index (χ1) is 10.1. The predicted molar refractivity (Wildman–Crippen MR) is 91.7 cm³/mol. The molecular formula is C16H18N4S. The summed E-state index contributed by atoms with van der Waals surface area (Å²) < 4.78 is 0. The van der Waals surface area contributed by atoms with Crippen molar-refractivity contribution >= 4 is 28.7 Å². The first kappa shape index (κ1) is 15.1. The molecule has 2 aromatic rings. The fourth-order valence-corrected chi connectivity index (χ4v) is 2.08. The van der Waals surface area contributed by atoms with Crippen LogP contribution in [0.4, 0.5) is 5.69 Å². The van der Waals surface area contributed by atoms with E-state index in [2.05, 4.69) is 20.8 Å². The Hall–Kier alpha value is -2.27. The van der Waals surface area contributed by atoms with E-state index in [0.717, 1.165) is 28.1 Å². The molecule has 4 nitrogen and oxygen atoms in total. The summed E-state index contributed by atoms with van der Waals surface area (Å²) in [5.74, 6) is 0. The number of benzene rings is 1. The molecule has 2 N–H and O–H groups in total. The Morgan fingerprint density at radius 2 is 1.86 bits per heavy atom. The molecule has 5 heteroatoms. The SMILES string of the molecule is CC(=NNC(=S)Nc1c(C)cccc1C)c1cccnc1. The maximum Gasteiger partial charge on any atom is 0.191 e. The Balaban J connectivity index is 2.03. The zero-order valence-corrected chi connectivity index (χ0v) is 13.2. The summed E-state index contributed by atoms with van der Waals surface area (Å²) in [4.78, 5) is 4.07. The van der Waals surface area contributed by atoms with Crippen molar-refractivity contribution < 1.29 is 0 Å². The first-order valence-corrected chi connectivity index (χ1v) is 7.06. The smallest absolute Gasteiger partial charge is 0.191 e. The number of hydrogen-bond donors (Lipinski definition) is 2. The second-order valence-electron chi connectivity index (χ2n) is 4.77. The third kappa shape index (κ3) is 4.10. The lowest BCUT2D eigenvalue weighted by atomic mass is 10.1. The van der Waals surface area contributed by atoms with Crippen LogP contribution in [-0.4, -0.2) is 15.8 Å². The number of hydrazone groups is 1. The number of aryl methyl sites for hydroxylation is 2. The molecule has 0 atom stereocenters. The number of pyridine rings is 1. The van der Waals surface area contributed by atoms with E-state index in [1.165, 1.54) is 0 Å². The summed E-state index contributed by atoms with van der Waals surface area (Å²) in [6.45, 7) is 6.00. The highest BCUT2D eigenvalue weighted by Crippen LogP contribution is 2.19. The summed E-state index contributed by atoms with van der Waals surface area (Å²) in [6, 6.07) is 9.94. The van der Waals surface area contributed by atoms with Crippen LogP contribution in [0.3, 0.4) is 0 Å². The molecule has 2 rings (SSSR count). The van der Waals surface area contributed by atoms with Crippen LogP contribution in [0.1, 0.15) is 23.6 Å². The second-order valence-corrected chi connectivity index (χ2v) is 5.18. The molecule has 1 aromatic carbocycles. The van der Waals surface area contributed by atoms with Crippen molar-refractivity contribution in [2.75, 3.05) is 5.32 Å². The molecular weight excluding hydrogens is 280 g/mol. The van der Waals surface area contributed by atoms with Crippen molar-refractivity contribution in [3.8, 4) is 0 Å². The molecule has 0 aliphatic heterocycles. The van der Waals surface area contributed by atoms with Crippen LogP contribution in [-0.2, 0) is 0 Å². The van der Waals surface area contributed by atoms with Gasteiger partial charge in [-0.1, -0.05) is 24.3 Å². The number of rotatable bonds is 3. The Kier molecular flexibility index (Phi) is 5.00. The summed E-state index contributed by atoms with van der Waals surface area (Å²) in [7, 11) is 0. The molecule has 0 fully saturated rings. The molecule has 0 radical (unpaired) electrons. The normalized spacial score (nSPS) is 11.1. The van der Waals surface area contributed by atoms with Crippen LogP contribution < -0.4 is 10.7 Å². The maximum absolute atomic E-state index is 5.28. The van der Waals surface area contributed by atoms with Crippen LogP contribution in [0, 0.1) is 13.8 Å². The van der Waals surface area contributed by atoms with Crippen molar-refractivity contribution in [2.45, 2.75) is 20.8 Å². The standard InChI is InChI=1S/C16H18N4S/c1-11-6-4-7-12(2)15(11)18-16(21)20-19-13(3)14-8-5-9-17-10-14/h4-10H,1-3H3,(H2,18,20,21). The highest BCUT2D eigenvalue weighted by Gasteiger charge is 2.04. The van der Waals surface area contributed by atoms with Crippen LogP contribution in [0.15, 0.2) is 47.8 Å².